The van der Waals surface area contributed by atoms with Gasteiger partial charge < -0.3 is 21.3 Å². The fraction of sp³-hybridized carbons (Fsp3) is 0.364. The smallest absolute Gasteiger partial charge is 0.256 e. The first-order chi connectivity index (χ1) is 15.4. The molecule has 1 fully saturated rings. The van der Waals surface area contributed by atoms with Gasteiger partial charge in [0, 0.05) is 45.1 Å². The molecular formula is C22H27N7O3. The fourth-order valence-electron chi connectivity index (χ4n) is 4.06. The number of amides is 3. The minimum atomic E-state index is -0.341. The molecule has 1 aromatic carbocycles. The molecule has 32 heavy (non-hydrogen) atoms. The molecule has 4 rings (SSSR count). The lowest BCUT2D eigenvalue weighted by atomic mass is 10.1. The van der Waals surface area contributed by atoms with Gasteiger partial charge in [0.1, 0.15) is 12.0 Å². The van der Waals surface area contributed by atoms with Gasteiger partial charge >= 0.3 is 0 Å². The molecule has 2 aliphatic rings. The molecule has 4 N–H and O–H groups in total. The SMILES string of the molecule is CN1c2ncccc2C(=O)N[C@@H]1c1ccc(NC(=O)CN2CCN(CC(N)=O)CC2)cc1. The zero-order valence-corrected chi connectivity index (χ0v) is 18.0. The number of nitrogens with zero attached hydrogens (tertiary/aromatic N) is 4. The van der Waals surface area contributed by atoms with Gasteiger partial charge in [0.25, 0.3) is 5.91 Å². The lowest BCUT2D eigenvalue weighted by Crippen LogP contribution is -2.50. The molecule has 0 saturated carbocycles. The molecule has 0 bridgehead atoms. The molecule has 0 unspecified atom stereocenters. The van der Waals surface area contributed by atoms with Crippen LogP contribution < -0.4 is 21.3 Å². The number of primary amides is 1. The van der Waals surface area contributed by atoms with E-state index in [2.05, 4.69) is 20.5 Å². The maximum atomic E-state index is 12.4. The van der Waals surface area contributed by atoms with Crippen molar-refractivity contribution in [3.63, 3.8) is 0 Å². The number of nitrogens with two attached hydrogens (primary N) is 1. The summed E-state index contributed by atoms with van der Waals surface area (Å²) in [5, 5.41) is 5.91. The Labute approximate surface area is 186 Å². The number of rotatable bonds is 6. The summed E-state index contributed by atoms with van der Waals surface area (Å²) in [6.45, 7) is 3.39. The lowest BCUT2D eigenvalue weighted by molar-refractivity contribution is -0.121. The van der Waals surface area contributed by atoms with E-state index in [4.69, 9.17) is 5.73 Å². The van der Waals surface area contributed by atoms with Crippen LogP contribution in [0.3, 0.4) is 0 Å². The third-order valence-electron chi connectivity index (χ3n) is 5.74. The molecule has 2 aromatic rings. The van der Waals surface area contributed by atoms with Gasteiger partial charge in [-0.25, -0.2) is 4.98 Å². The van der Waals surface area contributed by atoms with Crippen molar-refractivity contribution in [1.29, 1.82) is 0 Å². The molecule has 0 aliphatic carbocycles. The minimum absolute atomic E-state index is 0.0951. The Bertz CT molecular complexity index is 1000. The van der Waals surface area contributed by atoms with Crippen LogP contribution in [0.2, 0.25) is 0 Å². The molecule has 3 heterocycles. The largest absolute Gasteiger partial charge is 0.369 e. The van der Waals surface area contributed by atoms with Crippen molar-refractivity contribution in [3.8, 4) is 0 Å². The Kier molecular flexibility index (Phi) is 6.33. The normalized spacial score (nSPS) is 19.2. The first-order valence-corrected chi connectivity index (χ1v) is 10.5. The number of hydrogen-bond donors (Lipinski definition) is 3. The molecule has 0 spiro atoms. The Morgan fingerprint density at radius 1 is 1.09 bits per heavy atom. The van der Waals surface area contributed by atoms with Crippen LogP contribution >= 0.6 is 0 Å². The quantitative estimate of drug-likeness (QED) is 0.581. The summed E-state index contributed by atoms with van der Waals surface area (Å²) in [4.78, 5) is 46.2. The van der Waals surface area contributed by atoms with E-state index in [-0.39, 0.29) is 37.0 Å². The predicted octanol–water partition coefficient (Wildman–Crippen LogP) is 0.00140. The number of benzene rings is 1. The van der Waals surface area contributed by atoms with Crippen molar-refractivity contribution in [1.82, 2.24) is 20.1 Å². The molecular weight excluding hydrogens is 410 g/mol. The summed E-state index contributed by atoms with van der Waals surface area (Å²) in [7, 11) is 1.88. The second-order valence-corrected chi connectivity index (χ2v) is 8.05. The number of carbonyl (C=O) groups excluding carboxylic acids is 3. The zero-order chi connectivity index (χ0) is 22.7. The highest BCUT2D eigenvalue weighted by molar-refractivity contribution is 6.01. The van der Waals surface area contributed by atoms with Gasteiger partial charge in [-0.05, 0) is 29.8 Å². The van der Waals surface area contributed by atoms with E-state index in [1.165, 1.54) is 0 Å². The van der Waals surface area contributed by atoms with E-state index in [0.29, 0.717) is 43.2 Å². The summed E-state index contributed by atoms with van der Waals surface area (Å²) in [6.07, 6.45) is 1.33. The van der Waals surface area contributed by atoms with Crippen LogP contribution in [0, 0.1) is 0 Å². The Morgan fingerprint density at radius 3 is 2.41 bits per heavy atom. The molecule has 3 amide bonds. The highest BCUT2D eigenvalue weighted by atomic mass is 16.2. The van der Waals surface area contributed by atoms with E-state index in [1.807, 2.05) is 41.1 Å². The van der Waals surface area contributed by atoms with E-state index < -0.39 is 0 Å². The van der Waals surface area contributed by atoms with Gasteiger partial charge in [-0.15, -0.1) is 0 Å². The van der Waals surface area contributed by atoms with E-state index in [0.717, 1.165) is 5.56 Å². The molecule has 1 saturated heterocycles. The van der Waals surface area contributed by atoms with Crippen molar-refractivity contribution >= 4 is 29.2 Å². The van der Waals surface area contributed by atoms with Crippen molar-refractivity contribution in [2.24, 2.45) is 5.73 Å². The molecule has 1 atom stereocenters. The second-order valence-electron chi connectivity index (χ2n) is 8.05. The maximum absolute atomic E-state index is 12.4. The molecule has 2 aliphatic heterocycles. The number of anilines is 2. The van der Waals surface area contributed by atoms with Gasteiger partial charge in [-0.2, -0.15) is 0 Å². The summed E-state index contributed by atoms with van der Waals surface area (Å²) >= 11 is 0. The van der Waals surface area contributed by atoms with Gasteiger partial charge in [0.05, 0.1) is 18.7 Å². The van der Waals surface area contributed by atoms with Gasteiger partial charge in [0.2, 0.25) is 11.8 Å². The Hall–Kier alpha value is -3.50. The third kappa shape index (κ3) is 4.87. The van der Waals surface area contributed by atoms with Gasteiger partial charge in [0.15, 0.2) is 0 Å². The summed E-state index contributed by atoms with van der Waals surface area (Å²) < 4.78 is 0. The van der Waals surface area contributed by atoms with Crippen LogP contribution in [0.15, 0.2) is 42.6 Å². The number of aromatic nitrogens is 1. The monoisotopic (exact) mass is 437 g/mol. The Balaban J connectivity index is 1.32. The first-order valence-electron chi connectivity index (χ1n) is 10.5. The average Bonchev–Trinajstić information content (AvgIpc) is 2.78. The van der Waals surface area contributed by atoms with E-state index in [1.54, 1.807) is 18.3 Å². The standard InChI is InChI=1S/C22H27N7O3/c1-27-20(26-22(32)17-3-2-8-24-21(17)27)15-4-6-16(7-5-15)25-19(31)14-29-11-9-28(10-12-29)13-18(23)30/h2-8,20H,9-14H2,1H3,(H2,23,30)(H,25,31)(H,26,32)/t20-/m0/s1. The van der Waals surface area contributed by atoms with Crippen molar-refractivity contribution in [2.45, 2.75) is 6.17 Å². The van der Waals surface area contributed by atoms with E-state index in [9.17, 15) is 14.4 Å². The fourth-order valence-corrected chi connectivity index (χ4v) is 4.06. The van der Waals surface area contributed by atoms with Crippen molar-refractivity contribution in [3.05, 3.63) is 53.7 Å². The molecule has 10 heteroatoms. The van der Waals surface area contributed by atoms with Crippen LogP contribution in [0.5, 0.6) is 0 Å². The van der Waals surface area contributed by atoms with Crippen LogP contribution in [0.4, 0.5) is 11.5 Å². The van der Waals surface area contributed by atoms with Crippen molar-refractivity contribution in [2.75, 3.05) is 56.5 Å². The second kappa shape index (κ2) is 9.33. The van der Waals surface area contributed by atoms with E-state index >= 15 is 0 Å². The average molecular weight is 438 g/mol. The number of fused-ring (bicyclic) bond motifs is 1. The van der Waals surface area contributed by atoms with Crippen LogP contribution in [-0.2, 0) is 9.59 Å². The van der Waals surface area contributed by atoms with Crippen LogP contribution in [0.25, 0.3) is 0 Å². The molecule has 168 valence electrons. The predicted molar refractivity (Wildman–Crippen MR) is 120 cm³/mol. The minimum Gasteiger partial charge on any atom is -0.369 e. The maximum Gasteiger partial charge on any atom is 0.256 e. The summed E-state index contributed by atoms with van der Waals surface area (Å²) in [6, 6.07) is 10.9. The first kappa shape index (κ1) is 21.7. The summed E-state index contributed by atoms with van der Waals surface area (Å²) in [5.74, 6) is 0.0421. The molecule has 10 nitrogen and oxygen atoms in total. The Morgan fingerprint density at radius 2 is 1.75 bits per heavy atom. The summed E-state index contributed by atoms with van der Waals surface area (Å²) in [5.41, 5.74) is 7.36. The third-order valence-corrected chi connectivity index (χ3v) is 5.74. The zero-order valence-electron chi connectivity index (χ0n) is 18.0. The number of nitrogens with one attached hydrogen (secondary N) is 2. The number of hydrogen-bond acceptors (Lipinski definition) is 7. The molecule has 0 radical (unpaired) electrons. The highest BCUT2D eigenvalue weighted by Gasteiger charge is 2.30. The highest BCUT2D eigenvalue weighted by Crippen LogP contribution is 2.30. The lowest BCUT2D eigenvalue weighted by Gasteiger charge is -2.35. The van der Waals surface area contributed by atoms with Crippen LogP contribution in [-0.4, -0.2) is 78.8 Å². The number of carbonyl (C=O) groups is 3. The van der Waals surface area contributed by atoms with Crippen molar-refractivity contribution < 1.29 is 14.4 Å². The van der Waals surface area contributed by atoms with Gasteiger partial charge in [-0.3, -0.25) is 24.2 Å². The molecule has 1 aromatic heterocycles. The number of piperazine rings is 1. The topological polar surface area (TPSA) is 124 Å². The van der Waals surface area contributed by atoms with Gasteiger partial charge in [-0.1, -0.05) is 12.1 Å². The number of pyridine rings is 1. The van der Waals surface area contributed by atoms with Crippen LogP contribution in [0.1, 0.15) is 22.1 Å².